The van der Waals surface area contributed by atoms with E-state index in [1.807, 2.05) is 30.3 Å². The maximum atomic E-state index is 6.18. The first-order valence-corrected chi connectivity index (χ1v) is 6.70. The Hall–Kier alpha value is -0.930. The van der Waals surface area contributed by atoms with Crippen molar-refractivity contribution in [3.63, 3.8) is 0 Å². The second-order valence-corrected chi connectivity index (χ2v) is 5.32. The lowest BCUT2D eigenvalue weighted by molar-refractivity contribution is 0.966. The Kier molecular flexibility index (Phi) is 2.89. The number of hydrogen-bond acceptors (Lipinski definition) is 2. The highest BCUT2D eigenvalue weighted by Gasteiger charge is 2.26. The lowest BCUT2D eigenvalue weighted by Gasteiger charge is -2.06. The summed E-state index contributed by atoms with van der Waals surface area (Å²) in [5.74, 6) is 0.607. The molecule has 3 rings (SSSR count). The monoisotopic (exact) mass is 308 g/mol. The van der Waals surface area contributed by atoms with E-state index in [1.54, 1.807) is 0 Å². The average Bonchev–Trinajstić information content (AvgIpc) is 3.12. The van der Waals surface area contributed by atoms with Crippen LogP contribution in [0.1, 0.15) is 24.5 Å². The van der Waals surface area contributed by atoms with Gasteiger partial charge in [-0.1, -0.05) is 29.8 Å². The summed E-state index contributed by atoms with van der Waals surface area (Å²) in [6.07, 6.45) is 2.46. The van der Waals surface area contributed by atoms with Gasteiger partial charge in [0, 0.05) is 22.2 Å². The first-order chi connectivity index (χ1) is 8.24. The smallest absolute Gasteiger partial charge is 0.197 e. The number of nitrogens with zero attached hydrogens (tertiary/aromatic N) is 2. The van der Waals surface area contributed by atoms with Gasteiger partial charge in [-0.2, -0.15) is 0 Å². The number of halogens is 2. The standard InChI is InChI=1S/C13H10BrClN2/c14-13-16-11(8-5-6-8)7-12(17-13)9-3-1-2-4-10(9)15/h1-4,7-8H,5-6H2. The predicted molar refractivity (Wildman–Crippen MR) is 72.2 cm³/mol. The molecule has 1 aliphatic carbocycles. The van der Waals surface area contributed by atoms with Crippen LogP contribution >= 0.6 is 27.5 Å². The first kappa shape index (κ1) is 11.2. The molecule has 0 radical (unpaired) electrons. The van der Waals surface area contributed by atoms with Crippen molar-refractivity contribution in [1.29, 1.82) is 0 Å². The van der Waals surface area contributed by atoms with Crippen molar-refractivity contribution in [1.82, 2.24) is 9.97 Å². The van der Waals surface area contributed by atoms with Crippen LogP contribution in [0.3, 0.4) is 0 Å². The van der Waals surface area contributed by atoms with Crippen molar-refractivity contribution in [3.8, 4) is 11.3 Å². The number of aromatic nitrogens is 2. The van der Waals surface area contributed by atoms with Crippen LogP contribution in [-0.4, -0.2) is 9.97 Å². The van der Waals surface area contributed by atoms with E-state index in [2.05, 4.69) is 25.9 Å². The molecule has 0 N–H and O–H groups in total. The van der Waals surface area contributed by atoms with Gasteiger partial charge in [-0.3, -0.25) is 0 Å². The molecule has 0 saturated heterocycles. The molecule has 2 nitrogen and oxygen atoms in total. The van der Waals surface area contributed by atoms with E-state index >= 15 is 0 Å². The largest absolute Gasteiger partial charge is 0.227 e. The summed E-state index contributed by atoms with van der Waals surface area (Å²) in [6, 6.07) is 9.79. The van der Waals surface area contributed by atoms with Gasteiger partial charge < -0.3 is 0 Å². The molecule has 1 fully saturated rings. The third-order valence-electron chi connectivity index (χ3n) is 2.86. The van der Waals surface area contributed by atoms with Gasteiger partial charge in [0.1, 0.15) is 0 Å². The molecule has 1 aliphatic rings. The highest BCUT2D eigenvalue weighted by Crippen LogP contribution is 2.40. The van der Waals surface area contributed by atoms with Crippen LogP contribution in [0.5, 0.6) is 0 Å². The molecule has 1 heterocycles. The molecule has 1 aromatic heterocycles. The van der Waals surface area contributed by atoms with Crippen molar-refractivity contribution >= 4 is 27.5 Å². The van der Waals surface area contributed by atoms with E-state index in [-0.39, 0.29) is 0 Å². The molecule has 1 saturated carbocycles. The van der Waals surface area contributed by atoms with Crippen molar-refractivity contribution in [2.24, 2.45) is 0 Å². The number of hydrogen-bond donors (Lipinski definition) is 0. The second-order valence-electron chi connectivity index (χ2n) is 4.20. The second kappa shape index (κ2) is 4.39. The van der Waals surface area contributed by atoms with Crippen LogP contribution in [0, 0.1) is 0 Å². The Morgan fingerprint density at radius 3 is 2.65 bits per heavy atom. The Bertz CT molecular complexity index is 567. The maximum Gasteiger partial charge on any atom is 0.197 e. The zero-order valence-corrected chi connectivity index (χ0v) is 11.4. The van der Waals surface area contributed by atoms with Crippen LogP contribution in [0.2, 0.25) is 5.02 Å². The maximum absolute atomic E-state index is 6.18. The van der Waals surface area contributed by atoms with Gasteiger partial charge in [0.2, 0.25) is 0 Å². The average molecular weight is 310 g/mol. The molecule has 0 atom stereocenters. The Balaban J connectivity index is 2.11. The molecule has 0 aliphatic heterocycles. The third kappa shape index (κ3) is 2.35. The minimum Gasteiger partial charge on any atom is -0.227 e. The SMILES string of the molecule is Clc1ccccc1-c1cc(C2CC2)nc(Br)n1. The zero-order chi connectivity index (χ0) is 11.8. The summed E-state index contributed by atoms with van der Waals surface area (Å²) in [5.41, 5.74) is 2.96. The van der Waals surface area contributed by atoms with Gasteiger partial charge in [0.05, 0.1) is 5.69 Å². The number of benzene rings is 1. The van der Waals surface area contributed by atoms with E-state index in [4.69, 9.17) is 11.6 Å². The molecular formula is C13H10BrClN2. The summed E-state index contributed by atoms with van der Waals surface area (Å²) in [6.45, 7) is 0. The minimum absolute atomic E-state index is 0.607. The molecule has 2 aromatic rings. The van der Waals surface area contributed by atoms with Crippen molar-refractivity contribution in [2.75, 3.05) is 0 Å². The summed E-state index contributed by atoms with van der Waals surface area (Å²) in [7, 11) is 0. The Morgan fingerprint density at radius 2 is 1.94 bits per heavy atom. The van der Waals surface area contributed by atoms with Crippen LogP contribution in [-0.2, 0) is 0 Å². The van der Waals surface area contributed by atoms with Gasteiger partial charge in [0.25, 0.3) is 0 Å². The summed E-state index contributed by atoms with van der Waals surface area (Å²) < 4.78 is 0.636. The molecule has 0 amide bonds. The van der Waals surface area contributed by atoms with Gasteiger partial charge in [-0.25, -0.2) is 9.97 Å². The van der Waals surface area contributed by atoms with Crippen LogP contribution < -0.4 is 0 Å². The molecule has 86 valence electrons. The zero-order valence-electron chi connectivity index (χ0n) is 9.03. The van der Waals surface area contributed by atoms with Crippen molar-refractivity contribution in [2.45, 2.75) is 18.8 Å². The van der Waals surface area contributed by atoms with Crippen LogP contribution in [0.15, 0.2) is 35.1 Å². The first-order valence-electron chi connectivity index (χ1n) is 5.53. The summed E-state index contributed by atoms with van der Waals surface area (Å²) >= 11 is 9.55. The molecule has 0 unspecified atom stereocenters. The van der Waals surface area contributed by atoms with E-state index in [0.717, 1.165) is 22.0 Å². The molecule has 17 heavy (non-hydrogen) atoms. The van der Waals surface area contributed by atoms with Gasteiger partial charge in [-0.15, -0.1) is 0 Å². The molecule has 0 bridgehead atoms. The van der Waals surface area contributed by atoms with Crippen LogP contribution in [0.4, 0.5) is 0 Å². The third-order valence-corrected chi connectivity index (χ3v) is 3.55. The van der Waals surface area contributed by atoms with Crippen molar-refractivity contribution in [3.05, 3.63) is 45.8 Å². The highest BCUT2D eigenvalue weighted by molar-refractivity contribution is 9.10. The number of rotatable bonds is 2. The molecule has 4 heteroatoms. The minimum atomic E-state index is 0.607. The van der Waals surface area contributed by atoms with Gasteiger partial charge in [-0.05, 0) is 40.9 Å². The predicted octanol–water partition coefficient (Wildman–Crippen LogP) is 4.44. The fraction of sp³-hybridized carbons (Fsp3) is 0.231. The lowest BCUT2D eigenvalue weighted by atomic mass is 10.1. The molecular weight excluding hydrogens is 300 g/mol. The van der Waals surface area contributed by atoms with E-state index in [0.29, 0.717) is 10.7 Å². The quantitative estimate of drug-likeness (QED) is 0.767. The molecule has 0 spiro atoms. The Labute approximate surface area is 113 Å². The van der Waals surface area contributed by atoms with E-state index in [1.165, 1.54) is 12.8 Å². The van der Waals surface area contributed by atoms with E-state index < -0.39 is 0 Å². The topological polar surface area (TPSA) is 25.8 Å². The normalized spacial score (nSPS) is 14.9. The van der Waals surface area contributed by atoms with Crippen LogP contribution in [0.25, 0.3) is 11.3 Å². The molecule has 1 aromatic carbocycles. The van der Waals surface area contributed by atoms with Gasteiger partial charge >= 0.3 is 0 Å². The fourth-order valence-electron chi connectivity index (χ4n) is 1.83. The van der Waals surface area contributed by atoms with E-state index in [9.17, 15) is 0 Å². The highest BCUT2D eigenvalue weighted by atomic mass is 79.9. The lowest BCUT2D eigenvalue weighted by Crippen LogP contribution is -1.94. The Morgan fingerprint density at radius 1 is 1.18 bits per heavy atom. The summed E-state index contributed by atoms with van der Waals surface area (Å²) in [4.78, 5) is 8.81. The summed E-state index contributed by atoms with van der Waals surface area (Å²) in [5, 5.41) is 0.722. The van der Waals surface area contributed by atoms with Crippen molar-refractivity contribution < 1.29 is 0 Å². The fourth-order valence-corrected chi connectivity index (χ4v) is 2.46. The van der Waals surface area contributed by atoms with Gasteiger partial charge in [0.15, 0.2) is 4.73 Å².